The van der Waals surface area contributed by atoms with Crippen LogP contribution in [0.3, 0.4) is 0 Å². The normalized spacial score (nSPS) is 20.5. The number of benzene rings is 2. The fourth-order valence-electron chi connectivity index (χ4n) is 2.70. The zero-order chi connectivity index (χ0) is 14.8. The predicted molar refractivity (Wildman–Crippen MR) is 86.7 cm³/mol. The molecule has 0 fully saturated rings. The van der Waals surface area contributed by atoms with Crippen LogP contribution in [0, 0.1) is 0 Å². The largest absolute Gasteiger partial charge is 0.493 e. The molecule has 0 radical (unpaired) electrons. The lowest BCUT2D eigenvalue weighted by molar-refractivity contribution is 0.156. The second-order valence-electron chi connectivity index (χ2n) is 5.10. The van der Waals surface area contributed by atoms with Gasteiger partial charge in [0.05, 0.1) is 6.61 Å². The first-order chi connectivity index (χ1) is 10.2. The van der Waals surface area contributed by atoms with Gasteiger partial charge in [-0.15, -0.1) is 0 Å². The Hall–Kier alpha value is -1.52. The maximum atomic E-state index is 6.31. The molecule has 0 spiro atoms. The van der Waals surface area contributed by atoms with Gasteiger partial charge in [0.25, 0.3) is 0 Å². The van der Waals surface area contributed by atoms with Crippen molar-refractivity contribution in [2.75, 3.05) is 6.61 Å². The Morgan fingerprint density at radius 2 is 2.05 bits per heavy atom. The van der Waals surface area contributed by atoms with Crippen molar-refractivity contribution in [2.24, 2.45) is 5.73 Å². The first-order valence-corrected chi connectivity index (χ1v) is 7.91. The monoisotopic (exact) mass is 347 g/mol. The smallest absolute Gasteiger partial charge is 0.129 e. The summed E-state index contributed by atoms with van der Waals surface area (Å²) in [7, 11) is 0. The quantitative estimate of drug-likeness (QED) is 0.896. The maximum absolute atomic E-state index is 6.31. The van der Waals surface area contributed by atoms with Gasteiger partial charge in [-0.3, -0.25) is 0 Å². The molecule has 0 saturated heterocycles. The van der Waals surface area contributed by atoms with Crippen molar-refractivity contribution in [1.29, 1.82) is 0 Å². The molecule has 0 bridgehead atoms. The van der Waals surface area contributed by atoms with E-state index in [2.05, 4.69) is 15.9 Å². The highest BCUT2D eigenvalue weighted by Gasteiger charge is 2.28. The van der Waals surface area contributed by atoms with Crippen molar-refractivity contribution in [3.63, 3.8) is 0 Å². The van der Waals surface area contributed by atoms with E-state index in [0.717, 1.165) is 33.5 Å². The van der Waals surface area contributed by atoms with Crippen molar-refractivity contribution in [3.05, 3.63) is 58.1 Å². The average Bonchev–Trinajstić information content (AvgIpc) is 2.47. The third-order valence-corrected chi connectivity index (χ3v) is 4.17. The molecule has 1 unspecified atom stereocenters. The molecular formula is C17H18BrNO2. The number of hydrogen-bond acceptors (Lipinski definition) is 3. The molecule has 2 atom stereocenters. The minimum absolute atomic E-state index is 0.0264. The Balaban J connectivity index is 1.95. The van der Waals surface area contributed by atoms with E-state index >= 15 is 0 Å². The molecule has 1 aliphatic heterocycles. The number of para-hydroxylation sites is 1. The first kappa shape index (κ1) is 14.4. The van der Waals surface area contributed by atoms with Crippen LogP contribution >= 0.6 is 15.9 Å². The minimum Gasteiger partial charge on any atom is -0.493 e. The number of nitrogens with two attached hydrogens (primary N) is 1. The van der Waals surface area contributed by atoms with Gasteiger partial charge in [-0.2, -0.15) is 0 Å². The lowest BCUT2D eigenvalue weighted by Crippen LogP contribution is -2.24. The third-order valence-electron chi connectivity index (χ3n) is 3.68. The van der Waals surface area contributed by atoms with Gasteiger partial charge in [-0.25, -0.2) is 0 Å². The summed E-state index contributed by atoms with van der Waals surface area (Å²) in [5.74, 6) is 1.72. The molecule has 2 N–H and O–H groups in total. The molecule has 0 aliphatic carbocycles. The summed E-state index contributed by atoms with van der Waals surface area (Å²) < 4.78 is 12.9. The molecule has 2 aromatic carbocycles. The SMILES string of the molecule is CCOc1ccccc1C1C[C@H](N)c2ccc(Br)cc2O1. The zero-order valence-corrected chi connectivity index (χ0v) is 13.5. The van der Waals surface area contributed by atoms with Crippen LogP contribution in [0.5, 0.6) is 11.5 Å². The van der Waals surface area contributed by atoms with E-state index in [-0.39, 0.29) is 12.1 Å². The van der Waals surface area contributed by atoms with E-state index in [4.69, 9.17) is 15.2 Å². The van der Waals surface area contributed by atoms with E-state index in [1.165, 1.54) is 0 Å². The Labute approximate surface area is 133 Å². The highest BCUT2D eigenvalue weighted by molar-refractivity contribution is 9.10. The fourth-order valence-corrected chi connectivity index (χ4v) is 3.04. The topological polar surface area (TPSA) is 44.5 Å². The minimum atomic E-state index is -0.0791. The summed E-state index contributed by atoms with van der Waals surface area (Å²) in [6, 6.07) is 14.0. The summed E-state index contributed by atoms with van der Waals surface area (Å²) >= 11 is 3.48. The Morgan fingerprint density at radius 3 is 2.86 bits per heavy atom. The summed E-state index contributed by atoms with van der Waals surface area (Å²) in [5.41, 5.74) is 8.43. The molecule has 21 heavy (non-hydrogen) atoms. The number of hydrogen-bond donors (Lipinski definition) is 1. The zero-order valence-electron chi connectivity index (χ0n) is 11.9. The van der Waals surface area contributed by atoms with Gasteiger partial charge in [0.2, 0.25) is 0 Å². The van der Waals surface area contributed by atoms with Gasteiger partial charge in [-0.05, 0) is 25.1 Å². The van der Waals surface area contributed by atoms with Gasteiger partial charge >= 0.3 is 0 Å². The maximum Gasteiger partial charge on any atom is 0.129 e. The van der Waals surface area contributed by atoms with E-state index in [1.54, 1.807) is 0 Å². The summed E-state index contributed by atoms with van der Waals surface area (Å²) in [4.78, 5) is 0. The number of rotatable bonds is 3. The van der Waals surface area contributed by atoms with Crippen molar-refractivity contribution in [2.45, 2.75) is 25.5 Å². The Kier molecular flexibility index (Phi) is 4.17. The molecule has 0 saturated carbocycles. The fraction of sp³-hybridized carbons (Fsp3) is 0.294. The van der Waals surface area contributed by atoms with E-state index < -0.39 is 0 Å². The van der Waals surface area contributed by atoms with Crippen molar-refractivity contribution >= 4 is 15.9 Å². The molecule has 4 heteroatoms. The van der Waals surface area contributed by atoms with Crippen molar-refractivity contribution in [1.82, 2.24) is 0 Å². The lowest BCUT2D eigenvalue weighted by atomic mass is 9.93. The highest BCUT2D eigenvalue weighted by atomic mass is 79.9. The Bertz CT molecular complexity index is 644. The summed E-state index contributed by atoms with van der Waals surface area (Å²) in [5, 5.41) is 0. The van der Waals surface area contributed by atoms with Crippen LogP contribution in [-0.2, 0) is 0 Å². The van der Waals surface area contributed by atoms with Crippen LogP contribution in [0.1, 0.15) is 36.6 Å². The molecule has 110 valence electrons. The molecule has 1 heterocycles. The molecule has 2 aromatic rings. The molecule has 1 aliphatic rings. The van der Waals surface area contributed by atoms with Gasteiger partial charge in [0, 0.05) is 28.1 Å². The lowest BCUT2D eigenvalue weighted by Gasteiger charge is -2.31. The molecule has 3 nitrogen and oxygen atoms in total. The van der Waals surface area contributed by atoms with Crippen LogP contribution in [0.4, 0.5) is 0 Å². The van der Waals surface area contributed by atoms with E-state index in [1.807, 2.05) is 49.4 Å². The molecule has 0 amide bonds. The Morgan fingerprint density at radius 1 is 1.24 bits per heavy atom. The van der Waals surface area contributed by atoms with Gasteiger partial charge in [0.1, 0.15) is 17.6 Å². The standard InChI is InChI=1S/C17H18BrNO2/c1-2-20-15-6-4-3-5-13(15)17-10-14(19)12-8-7-11(18)9-16(12)21-17/h3-9,14,17H,2,10,19H2,1H3/t14-,17?/m0/s1. The van der Waals surface area contributed by atoms with Crippen molar-refractivity contribution < 1.29 is 9.47 Å². The summed E-state index contributed by atoms with van der Waals surface area (Å²) in [6.45, 7) is 2.62. The number of halogens is 1. The van der Waals surface area contributed by atoms with Gasteiger partial charge in [-0.1, -0.05) is 40.2 Å². The van der Waals surface area contributed by atoms with Crippen LogP contribution < -0.4 is 15.2 Å². The summed E-state index contributed by atoms with van der Waals surface area (Å²) in [6.07, 6.45) is 0.670. The van der Waals surface area contributed by atoms with Crippen LogP contribution in [0.15, 0.2) is 46.9 Å². The second-order valence-corrected chi connectivity index (χ2v) is 6.02. The molecule has 0 aromatic heterocycles. The van der Waals surface area contributed by atoms with Crippen LogP contribution in [-0.4, -0.2) is 6.61 Å². The molecule has 3 rings (SSSR count). The van der Waals surface area contributed by atoms with E-state index in [9.17, 15) is 0 Å². The second kappa shape index (κ2) is 6.08. The van der Waals surface area contributed by atoms with Crippen molar-refractivity contribution in [3.8, 4) is 11.5 Å². The van der Waals surface area contributed by atoms with Crippen LogP contribution in [0.25, 0.3) is 0 Å². The van der Waals surface area contributed by atoms with Gasteiger partial charge in [0.15, 0.2) is 0 Å². The number of ether oxygens (including phenoxy) is 2. The van der Waals surface area contributed by atoms with E-state index in [0.29, 0.717) is 6.61 Å². The highest BCUT2D eigenvalue weighted by Crippen LogP contribution is 2.42. The third kappa shape index (κ3) is 2.92. The first-order valence-electron chi connectivity index (χ1n) is 7.12. The molecular weight excluding hydrogens is 330 g/mol. The average molecular weight is 348 g/mol. The van der Waals surface area contributed by atoms with Crippen LogP contribution in [0.2, 0.25) is 0 Å². The predicted octanol–water partition coefficient (Wildman–Crippen LogP) is 4.37. The van der Waals surface area contributed by atoms with Gasteiger partial charge < -0.3 is 15.2 Å². The number of fused-ring (bicyclic) bond motifs is 1.